The summed E-state index contributed by atoms with van der Waals surface area (Å²) in [5.41, 5.74) is 2.26. The number of aromatic amines is 1. The number of aryl methyl sites for hydroxylation is 1. The molecule has 84 valence electrons. The fourth-order valence-corrected chi connectivity index (χ4v) is 1.65. The van der Waals surface area contributed by atoms with Gasteiger partial charge in [0.15, 0.2) is 0 Å². The van der Waals surface area contributed by atoms with E-state index in [1.54, 1.807) is 12.4 Å². The van der Waals surface area contributed by atoms with Crippen molar-refractivity contribution in [2.75, 3.05) is 5.32 Å². The Labute approximate surface area is 95.1 Å². The Balaban J connectivity index is 2.17. The van der Waals surface area contributed by atoms with Crippen molar-refractivity contribution in [3.05, 3.63) is 42.2 Å². The molecule has 4 heteroatoms. The van der Waals surface area contributed by atoms with Crippen LogP contribution in [-0.2, 0) is 0 Å². The van der Waals surface area contributed by atoms with Crippen molar-refractivity contribution in [1.29, 1.82) is 0 Å². The lowest BCUT2D eigenvalue weighted by molar-refractivity contribution is 0.703. The van der Waals surface area contributed by atoms with Crippen LogP contribution in [0.4, 0.5) is 5.69 Å². The van der Waals surface area contributed by atoms with Gasteiger partial charge in [-0.2, -0.15) is 0 Å². The van der Waals surface area contributed by atoms with Gasteiger partial charge in [-0.05, 0) is 25.0 Å². The van der Waals surface area contributed by atoms with Gasteiger partial charge < -0.3 is 10.3 Å². The first-order valence-corrected chi connectivity index (χ1v) is 5.47. The van der Waals surface area contributed by atoms with Crippen LogP contribution in [0.2, 0.25) is 0 Å². The summed E-state index contributed by atoms with van der Waals surface area (Å²) in [5.74, 6) is 0.971. The number of hydrogen-bond donors (Lipinski definition) is 2. The first kappa shape index (κ1) is 10.7. The predicted molar refractivity (Wildman–Crippen MR) is 64.2 cm³/mol. The molecule has 0 saturated heterocycles. The molecular formula is C12H16N4. The largest absolute Gasteiger partial charge is 0.375 e. The molecule has 4 nitrogen and oxygen atoms in total. The average molecular weight is 216 g/mol. The molecule has 0 aliphatic rings. The van der Waals surface area contributed by atoms with E-state index in [0.717, 1.165) is 23.5 Å². The number of H-pyrrole nitrogens is 1. The number of nitrogens with zero attached hydrogens (tertiary/aromatic N) is 2. The van der Waals surface area contributed by atoms with Crippen molar-refractivity contribution < 1.29 is 0 Å². The lowest BCUT2D eigenvalue weighted by Crippen LogP contribution is -2.12. The number of anilines is 1. The van der Waals surface area contributed by atoms with Gasteiger partial charge in [0, 0.05) is 30.5 Å². The van der Waals surface area contributed by atoms with Crippen LogP contribution < -0.4 is 5.32 Å². The van der Waals surface area contributed by atoms with Crippen molar-refractivity contribution in [1.82, 2.24) is 15.0 Å². The number of hydrogen-bond acceptors (Lipinski definition) is 3. The Bertz CT molecular complexity index is 436. The van der Waals surface area contributed by atoms with Crippen molar-refractivity contribution >= 4 is 5.69 Å². The Kier molecular flexibility index (Phi) is 3.19. The zero-order chi connectivity index (χ0) is 11.4. The predicted octanol–water partition coefficient (Wildman–Crippen LogP) is 2.68. The maximum atomic E-state index is 4.28. The van der Waals surface area contributed by atoms with Gasteiger partial charge in [0.25, 0.3) is 0 Å². The van der Waals surface area contributed by atoms with E-state index in [0.29, 0.717) is 0 Å². The van der Waals surface area contributed by atoms with E-state index in [4.69, 9.17) is 0 Å². The van der Waals surface area contributed by atoms with E-state index >= 15 is 0 Å². The van der Waals surface area contributed by atoms with Crippen LogP contribution in [0.15, 0.2) is 30.9 Å². The fourth-order valence-electron chi connectivity index (χ4n) is 1.65. The van der Waals surface area contributed by atoms with Crippen molar-refractivity contribution in [3.8, 4) is 0 Å². The molecule has 0 radical (unpaired) electrons. The Morgan fingerprint density at radius 1 is 1.44 bits per heavy atom. The van der Waals surface area contributed by atoms with Gasteiger partial charge in [0.1, 0.15) is 5.82 Å². The number of aromatic nitrogens is 3. The van der Waals surface area contributed by atoms with Crippen molar-refractivity contribution in [3.63, 3.8) is 0 Å². The number of nitrogens with one attached hydrogen (secondary N) is 2. The fraction of sp³-hybridized carbons (Fsp3) is 0.333. The van der Waals surface area contributed by atoms with E-state index in [1.807, 2.05) is 25.4 Å². The summed E-state index contributed by atoms with van der Waals surface area (Å²) >= 11 is 0. The number of imidazole rings is 1. The molecule has 16 heavy (non-hydrogen) atoms. The average Bonchev–Trinajstić information content (AvgIpc) is 2.81. The van der Waals surface area contributed by atoms with Gasteiger partial charge in [-0.1, -0.05) is 6.92 Å². The quantitative estimate of drug-likeness (QED) is 0.826. The zero-order valence-electron chi connectivity index (χ0n) is 9.57. The van der Waals surface area contributed by atoms with Crippen LogP contribution in [0, 0.1) is 6.92 Å². The lowest BCUT2D eigenvalue weighted by atomic mass is 10.2. The molecule has 0 aliphatic heterocycles. The van der Waals surface area contributed by atoms with Gasteiger partial charge in [0.2, 0.25) is 0 Å². The van der Waals surface area contributed by atoms with E-state index in [9.17, 15) is 0 Å². The van der Waals surface area contributed by atoms with Crippen LogP contribution >= 0.6 is 0 Å². The van der Waals surface area contributed by atoms with Crippen LogP contribution in [-0.4, -0.2) is 15.0 Å². The molecule has 2 heterocycles. The Hall–Kier alpha value is -1.84. The van der Waals surface area contributed by atoms with E-state index < -0.39 is 0 Å². The smallest absolute Gasteiger partial charge is 0.128 e. The van der Waals surface area contributed by atoms with E-state index in [-0.39, 0.29) is 6.04 Å². The molecule has 2 rings (SSSR count). The number of rotatable bonds is 4. The first-order chi connectivity index (χ1) is 7.81. The molecule has 0 aliphatic carbocycles. The molecule has 0 aromatic carbocycles. The minimum absolute atomic E-state index is 0.219. The molecule has 0 spiro atoms. The van der Waals surface area contributed by atoms with E-state index in [1.165, 1.54) is 0 Å². The highest BCUT2D eigenvalue weighted by Crippen LogP contribution is 2.21. The van der Waals surface area contributed by atoms with Gasteiger partial charge in [-0.15, -0.1) is 0 Å². The molecule has 0 bridgehead atoms. The second-order valence-corrected chi connectivity index (χ2v) is 3.77. The van der Waals surface area contributed by atoms with Crippen LogP contribution in [0.5, 0.6) is 0 Å². The zero-order valence-corrected chi connectivity index (χ0v) is 9.57. The van der Waals surface area contributed by atoms with Gasteiger partial charge >= 0.3 is 0 Å². The Morgan fingerprint density at radius 3 is 2.94 bits per heavy atom. The molecule has 0 amide bonds. The SMILES string of the molecule is CCC(Nc1ccncc1C)c1ncc[nH]1. The maximum Gasteiger partial charge on any atom is 0.128 e. The van der Waals surface area contributed by atoms with Crippen molar-refractivity contribution in [2.24, 2.45) is 0 Å². The van der Waals surface area contributed by atoms with Gasteiger partial charge in [-0.3, -0.25) is 4.98 Å². The normalized spacial score (nSPS) is 12.4. The Morgan fingerprint density at radius 2 is 2.31 bits per heavy atom. The highest BCUT2D eigenvalue weighted by molar-refractivity contribution is 5.49. The third kappa shape index (κ3) is 2.21. The minimum atomic E-state index is 0.219. The van der Waals surface area contributed by atoms with Crippen LogP contribution in [0.3, 0.4) is 0 Å². The van der Waals surface area contributed by atoms with Gasteiger partial charge in [-0.25, -0.2) is 4.98 Å². The highest BCUT2D eigenvalue weighted by Gasteiger charge is 2.11. The molecule has 1 unspecified atom stereocenters. The van der Waals surface area contributed by atoms with Crippen LogP contribution in [0.25, 0.3) is 0 Å². The molecule has 0 fully saturated rings. The summed E-state index contributed by atoms with van der Waals surface area (Å²) < 4.78 is 0. The first-order valence-electron chi connectivity index (χ1n) is 5.47. The van der Waals surface area contributed by atoms with Gasteiger partial charge in [0.05, 0.1) is 6.04 Å². The molecule has 2 N–H and O–H groups in total. The maximum absolute atomic E-state index is 4.28. The highest BCUT2D eigenvalue weighted by atomic mass is 15.0. The summed E-state index contributed by atoms with van der Waals surface area (Å²) in [6.07, 6.45) is 8.26. The van der Waals surface area contributed by atoms with Crippen LogP contribution in [0.1, 0.15) is 30.8 Å². The second kappa shape index (κ2) is 4.79. The summed E-state index contributed by atoms with van der Waals surface area (Å²) in [5, 5.41) is 3.47. The second-order valence-electron chi connectivity index (χ2n) is 3.77. The molecule has 0 saturated carbocycles. The summed E-state index contributed by atoms with van der Waals surface area (Å²) in [4.78, 5) is 11.5. The molecule has 2 aromatic rings. The standard InChI is InChI=1S/C12H16N4/c1-3-10(12-14-6-7-15-12)16-11-4-5-13-8-9(11)2/h4-8,10H,3H2,1-2H3,(H,13,16)(H,14,15). The molecule has 2 aromatic heterocycles. The topological polar surface area (TPSA) is 53.6 Å². The van der Waals surface area contributed by atoms with E-state index in [2.05, 4.69) is 27.2 Å². The lowest BCUT2D eigenvalue weighted by Gasteiger charge is -2.17. The molecular weight excluding hydrogens is 200 g/mol. The minimum Gasteiger partial charge on any atom is -0.375 e. The summed E-state index contributed by atoms with van der Waals surface area (Å²) in [7, 11) is 0. The summed E-state index contributed by atoms with van der Waals surface area (Å²) in [6.45, 7) is 4.18. The number of pyridine rings is 1. The monoisotopic (exact) mass is 216 g/mol. The third-order valence-electron chi connectivity index (χ3n) is 2.61. The molecule has 1 atom stereocenters. The van der Waals surface area contributed by atoms with Crippen molar-refractivity contribution in [2.45, 2.75) is 26.3 Å². The summed E-state index contributed by atoms with van der Waals surface area (Å²) in [6, 6.07) is 2.21. The third-order valence-corrected chi connectivity index (χ3v) is 2.61.